The van der Waals surface area contributed by atoms with Gasteiger partial charge < -0.3 is 10.4 Å². The van der Waals surface area contributed by atoms with Crippen LogP contribution < -0.4 is 10.6 Å². The summed E-state index contributed by atoms with van der Waals surface area (Å²) in [5.74, 6) is 0.521. The Balaban J connectivity index is 1.81. The van der Waals surface area contributed by atoms with Crippen LogP contribution in [0, 0.1) is 6.92 Å². The van der Waals surface area contributed by atoms with Crippen molar-refractivity contribution >= 4 is 11.8 Å². The molecule has 6 heteroatoms. The number of hydrogen-bond acceptors (Lipinski definition) is 3. The van der Waals surface area contributed by atoms with Crippen LogP contribution >= 0.6 is 0 Å². The van der Waals surface area contributed by atoms with Crippen molar-refractivity contribution < 1.29 is 9.90 Å². The molecule has 2 amide bonds. The first-order valence-electron chi connectivity index (χ1n) is 6.76. The molecule has 3 N–H and O–H groups in total. The van der Waals surface area contributed by atoms with Gasteiger partial charge in [-0.2, -0.15) is 5.10 Å². The molecule has 0 bridgehead atoms. The number of hydrogen-bond donors (Lipinski definition) is 3. The molecule has 1 fully saturated rings. The van der Waals surface area contributed by atoms with Crippen molar-refractivity contribution in [3.63, 3.8) is 0 Å². The summed E-state index contributed by atoms with van der Waals surface area (Å²) in [5.41, 5.74) is 0.233. The third kappa shape index (κ3) is 3.70. The molecule has 1 aliphatic carbocycles. The van der Waals surface area contributed by atoms with Gasteiger partial charge in [0.25, 0.3) is 0 Å². The molecule has 1 aliphatic rings. The van der Waals surface area contributed by atoms with Crippen LogP contribution in [0.25, 0.3) is 0 Å². The summed E-state index contributed by atoms with van der Waals surface area (Å²) in [6.45, 7) is 2.21. The average Bonchev–Trinajstić information content (AvgIpc) is 2.67. The quantitative estimate of drug-likeness (QED) is 0.776. The van der Waals surface area contributed by atoms with E-state index in [0.29, 0.717) is 12.4 Å². The highest BCUT2D eigenvalue weighted by atomic mass is 16.3. The number of nitrogens with zero attached hydrogens (tertiary/aromatic N) is 2. The maximum Gasteiger partial charge on any atom is 0.320 e. The SMILES string of the molecule is Cc1cc(NC(=O)NCC2(O)CCCCC2)nn1C. The summed E-state index contributed by atoms with van der Waals surface area (Å²) in [4.78, 5) is 11.7. The summed E-state index contributed by atoms with van der Waals surface area (Å²) < 4.78 is 1.70. The predicted molar refractivity (Wildman–Crippen MR) is 73.0 cm³/mol. The van der Waals surface area contributed by atoms with Crippen molar-refractivity contribution in [1.82, 2.24) is 15.1 Å². The number of aliphatic hydroxyl groups is 1. The van der Waals surface area contributed by atoms with Crippen molar-refractivity contribution in [2.75, 3.05) is 11.9 Å². The second-order valence-corrected chi connectivity index (χ2v) is 5.39. The van der Waals surface area contributed by atoms with Crippen LogP contribution in [-0.4, -0.2) is 33.1 Å². The first kappa shape index (κ1) is 13.9. The molecular weight excluding hydrogens is 244 g/mol. The van der Waals surface area contributed by atoms with Crippen LogP contribution in [0.5, 0.6) is 0 Å². The van der Waals surface area contributed by atoms with Crippen LogP contribution in [0.3, 0.4) is 0 Å². The van der Waals surface area contributed by atoms with E-state index in [0.717, 1.165) is 31.4 Å². The number of carbonyl (C=O) groups is 1. The first-order valence-corrected chi connectivity index (χ1v) is 6.76. The largest absolute Gasteiger partial charge is 0.388 e. The molecule has 6 nitrogen and oxygen atoms in total. The summed E-state index contributed by atoms with van der Waals surface area (Å²) in [6, 6.07) is 1.48. The average molecular weight is 266 g/mol. The molecule has 0 aliphatic heterocycles. The zero-order valence-electron chi connectivity index (χ0n) is 11.6. The standard InChI is InChI=1S/C13H22N4O2/c1-10-8-11(16-17(10)2)15-12(18)14-9-13(19)6-4-3-5-7-13/h8,19H,3-7,9H2,1-2H3,(H2,14,15,16,18). The molecule has 0 spiro atoms. The number of urea groups is 1. The molecule has 19 heavy (non-hydrogen) atoms. The Hall–Kier alpha value is -1.56. The Labute approximate surface area is 113 Å². The number of rotatable bonds is 3. The van der Waals surface area contributed by atoms with E-state index in [1.807, 2.05) is 14.0 Å². The Kier molecular flexibility index (Phi) is 4.09. The number of anilines is 1. The molecule has 106 valence electrons. The van der Waals surface area contributed by atoms with Crippen LogP contribution in [0.15, 0.2) is 6.07 Å². The molecule has 0 saturated heterocycles. The minimum absolute atomic E-state index is 0.296. The third-order valence-electron chi connectivity index (χ3n) is 3.72. The Morgan fingerprint density at radius 3 is 2.74 bits per heavy atom. The summed E-state index contributed by atoms with van der Waals surface area (Å²) in [7, 11) is 1.82. The van der Waals surface area contributed by atoms with Gasteiger partial charge in [-0.15, -0.1) is 0 Å². The van der Waals surface area contributed by atoms with Crippen LogP contribution in [0.2, 0.25) is 0 Å². The van der Waals surface area contributed by atoms with Gasteiger partial charge in [0, 0.05) is 25.4 Å². The normalized spacial score (nSPS) is 18.1. The Morgan fingerprint density at radius 2 is 2.16 bits per heavy atom. The summed E-state index contributed by atoms with van der Waals surface area (Å²) in [5, 5.41) is 19.8. The third-order valence-corrected chi connectivity index (χ3v) is 3.72. The van der Waals surface area contributed by atoms with Gasteiger partial charge in [-0.05, 0) is 19.8 Å². The second-order valence-electron chi connectivity index (χ2n) is 5.39. The van der Waals surface area contributed by atoms with E-state index in [-0.39, 0.29) is 6.03 Å². The van der Waals surface area contributed by atoms with E-state index in [4.69, 9.17) is 0 Å². The van der Waals surface area contributed by atoms with E-state index in [1.54, 1.807) is 10.7 Å². The summed E-state index contributed by atoms with van der Waals surface area (Å²) in [6.07, 6.45) is 4.74. The van der Waals surface area contributed by atoms with Crippen molar-refractivity contribution in [3.05, 3.63) is 11.8 Å². The number of aryl methyl sites for hydroxylation is 2. The zero-order valence-corrected chi connectivity index (χ0v) is 11.6. The van der Waals surface area contributed by atoms with Gasteiger partial charge in [0.15, 0.2) is 5.82 Å². The van der Waals surface area contributed by atoms with Gasteiger partial charge in [-0.25, -0.2) is 4.79 Å². The van der Waals surface area contributed by atoms with Crippen LogP contribution in [0.4, 0.5) is 10.6 Å². The molecule has 1 aromatic rings. The van der Waals surface area contributed by atoms with Crippen LogP contribution in [0.1, 0.15) is 37.8 Å². The first-order chi connectivity index (χ1) is 8.98. The molecule has 0 aromatic carbocycles. The van der Waals surface area contributed by atoms with Gasteiger partial charge in [0.2, 0.25) is 0 Å². The maximum atomic E-state index is 11.7. The lowest BCUT2D eigenvalue weighted by Crippen LogP contribution is -2.45. The Bertz CT molecular complexity index is 430. The Morgan fingerprint density at radius 1 is 1.47 bits per heavy atom. The van der Waals surface area contributed by atoms with E-state index in [2.05, 4.69) is 15.7 Å². The number of aromatic nitrogens is 2. The number of nitrogens with one attached hydrogen (secondary N) is 2. The fraction of sp³-hybridized carbons (Fsp3) is 0.692. The molecule has 0 unspecified atom stereocenters. The molecule has 0 atom stereocenters. The van der Waals surface area contributed by atoms with Gasteiger partial charge in [-0.3, -0.25) is 10.00 Å². The highest BCUT2D eigenvalue weighted by Crippen LogP contribution is 2.27. The minimum Gasteiger partial charge on any atom is -0.388 e. The maximum absolute atomic E-state index is 11.7. The van der Waals surface area contributed by atoms with Gasteiger partial charge in [-0.1, -0.05) is 19.3 Å². The fourth-order valence-corrected chi connectivity index (χ4v) is 2.41. The van der Waals surface area contributed by atoms with E-state index < -0.39 is 5.60 Å². The molecule has 1 saturated carbocycles. The van der Waals surface area contributed by atoms with Gasteiger partial charge in [0.05, 0.1) is 5.60 Å². The lowest BCUT2D eigenvalue weighted by molar-refractivity contribution is 0.00755. The predicted octanol–water partition coefficient (Wildman–Crippen LogP) is 1.55. The second kappa shape index (κ2) is 5.61. The van der Waals surface area contributed by atoms with Crippen molar-refractivity contribution in [2.45, 2.75) is 44.6 Å². The zero-order chi connectivity index (χ0) is 13.9. The van der Waals surface area contributed by atoms with E-state index in [1.165, 1.54) is 6.42 Å². The lowest BCUT2D eigenvalue weighted by Gasteiger charge is -2.32. The minimum atomic E-state index is -0.740. The van der Waals surface area contributed by atoms with E-state index >= 15 is 0 Å². The van der Waals surface area contributed by atoms with E-state index in [9.17, 15) is 9.90 Å². The van der Waals surface area contributed by atoms with Crippen LogP contribution in [-0.2, 0) is 7.05 Å². The molecule has 1 heterocycles. The highest BCUT2D eigenvalue weighted by Gasteiger charge is 2.29. The monoisotopic (exact) mass is 266 g/mol. The van der Waals surface area contributed by atoms with Crippen molar-refractivity contribution in [2.24, 2.45) is 7.05 Å². The summed E-state index contributed by atoms with van der Waals surface area (Å²) >= 11 is 0. The smallest absolute Gasteiger partial charge is 0.320 e. The molecular formula is C13H22N4O2. The van der Waals surface area contributed by atoms with Gasteiger partial charge >= 0.3 is 6.03 Å². The number of amides is 2. The molecule has 2 rings (SSSR count). The lowest BCUT2D eigenvalue weighted by atomic mass is 9.85. The topological polar surface area (TPSA) is 79.2 Å². The van der Waals surface area contributed by atoms with Crippen molar-refractivity contribution in [3.8, 4) is 0 Å². The highest BCUT2D eigenvalue weighted by molar-refractivity contribution is 5.88. The number of carbonyl (C=O) groups excluding carboxylic acids is 1. The van der Waals surface area contributed by atoms with Gasteiger partial charge in [0.1, 0.15) is 0 Å². The molecule has 1 aromatic heterocycles. The molecule has 0 radical (unpaired) electrons. The fourth-order valence-electron chi connectivity index (χ4n) is 2.41. The van der Waals surface area contributed by atoms with Crippen molar-refractivity contribution in [1.29, 1.82) is 0 Å².